The standard InChI is InChI=1S/C22H18N2O4/c1-14-6-2-3-7-17(14)20(25)23-15-10-12-16(13-11-15)24-21(26)18-8-4-5-9-19(18)22(27)28/h2-13H,1H3,(H,23,25)(H,24,26)(H,27,28). The maximum atomic E-state index is 12.4. The second-order valence-corrected chi connectivity index (χ2v) is 6.15. The van der Waals surface area contributed by atoms with Gasteiger partial charge >= 0.3 is 5.97 Å². The number of carboxylic acids is 1. The average Bonchev–Trinajstić information content (AvgIpc) is 2.69. The first-order valence-electron chi connectivity index (χ1n) is 8.56. The maximum absolute atomic E-state index is 12.4. The molecule has 3 rings (SSSR count). The number of rotatable bonds is 5. The highest BCUT2D eigenvalue weighted by Gasteiger charge is 2.16. The number of hydrogen-bond acceptors (Lipinski definition) is 3. The summed E-state index contributed by atoms with van der Waals surface area (Å²) in [6.07, 6.45) is 0. The van der Waals surface area contributed by atoms with Crippen LogP contribution in [0.25, 0.3) is 0 Å². The summed E-state index contributed by atoms with van der Waals surface area (Å²) in [6.45, 7) is 1.86. The van der Waals surface area contributed by atoms with Crippen LogP contribution in [-0.2, 0) is 0 Å². The van der Waals surface area contributed by atoms with E-state index in [1.807, 2.05) is 19.1 Å². The Morgan fingerprint density at radius 3 is 1.57 bits per heavy atom. The van der Waals surface area contributed by atoms with E-state index < -0.39 is 11.9 Å². The van der Waals surface area contributed by atoms with Crippen molar-refractivity contribution in [3.8, 4) is 0 Å². The normalized spacial score (nSPS) is 10.2. The van der Waals surface area contributed by atoms with Crippen LogP contribution in [0, 0.1) is 6.92 Å². The number of benzene rings is 3. The number of aromatic carboxylic acids is 1. The van der Waals surface area contributed by atoms with Gasteiger partial charge in [-0.1, -0.05) is 30.3 Å². The first-order valence-corrected chi connectivity index (χ1v) is 8.56. The Morgan fingerprint density at radius 1 is 0.643 bits per heavy atom. The van der Waals surface area contributed by atoms with E-state index in [-0.39, 0.29) is 17.0 Å². The van der Waals surface area contributed by atoms with E-state index in [1.165, 1.54) is 12.1 Å². The molecule has 0 aromatic heterocycles. The van der Waals surface area contributed by atoms with Gasteiger partial charge in [0.05, 0.1) is 11.1 Å². The van der Waals surface area contributed by atoms with Gasteiger partial charge in [-0.25, -0.2) is 4.79 Å². The highest BCUT2D eigenvalue weighted by Crippen LogP contribution is 2.18. The minimum Gasteiger partial charge on any atom is -0.478 e. The zero-order valence-corrected chi connectivity index (χ0v) is 15.1. The zero-order valence-electron chi connectivity index (χ0n) is 15.1. The summed E-state index contributed by atoms with van der Waals surface area (Å²) in [6, 6.07) is 19.9. The number of anilines is 2. The van der Waals surface area contributed by atoms with Gasteiger partial charge in [0, 0.05) is 16.9 Å². The van der Waals surface area contributed by atoms with Gasteiger partial charge in [0.2, 0.25) is 0 Å². The monoisotopic (exact) mass is 374 g/mol. The molecule has 0 bridgehead atoms. The van der Waals surface area contributed by atoms with Crippen LogP contribution in [0.5, 0.6) is 0 Å². The fourth-order valence-electron chi connectivity index (χ4n) is 2.73. The molecule has 3 aromatic rings. The summed E-state index contributed by atoms with van der Waals surface area (Å²) in [5.74, 6) is -1.90. The Bertz CT molecular complexity index is 1040. The molecule has 0 unspecified atom stereocenters. The smallest absolute Gasteiger partial charge is 0.336 e. The van der Waals surface area contributed by atoms with Crippen LogP contribution in [0.3, 0.4) is 0 Å². The van der Waals surface area contributed by atoms with Crippen molar-refractivity contribution in [2.24, 2.45) is 0 Å². The Hall–Kier alpha value is -3.93. The first kappa shape index (κ1) is 18.8. The van der Waals surface area contributed by atoms with Gasteiger partial charge < -0.3 is 15.7 Å². The number of carbonyl (C=O) groups is 3. The quantitative estimate of drug-likeness (QED) is 0.624. The van der Waals surface area contributed by atoms with E-state index in [0.717, 1.165) is 5.56 Å². The Kier molecular flexibility index (Phi) is 5.50. The molecule has 0 aliphatic heterocycles. The summed E-state index contributed by atoms with van der Waals surface area (Å²) in [7, 11) is 0. The van der Waals surface area contributed by atoms with E-state index in [0.29, 0.717) is 16.9 Å². The van der Waals surface area contributed by atoms with Crippen molar-refractivity contribution >= 4 is 29.2 Å². The van der Waals surface area contributed by atoms with Crippen molar-refractivity contribution in [1.29, 1.82) is 0 Å². The summed E-state index contributed by atoms with van der Waals surface area (Å²) in [5.41, 5.74) is 2.54. The molecule has 0 spiro atoms. The third-order valence-corrected chi connectivity index (χ3v) is 4.19. The fourth-order valence-corrected chi connectivity index (χ4v) is 2.73. The minimum absolute atomic E-state index is 0.0675. The molecular weight excluding hydrogens is 356 g/mol. The molecule has 6 nitrogen and oxygen atoms in total. The van der Waals surface area contributed by atoms with Crippen LogP contribution < -0.4 is 10.6 Å². The number of carboxylic acid groups (broad SMARTS) is 1. The van der Waals surface area contributed by atoms with Gasteiger partial charge in [-0.05, 0) is 55.0 Å². The number of carbonyl (C=O) groups excluding carboxylic acids is 2. The van der Waals surface area contributed by atoms with Gasteiger partial charge in [0.1, 0.15) is 0 Å². The minimum atomic E-state index is -1.17. The number of hydrogen-bond donors (Lipinski definition) is 3. The molecule has 0 saturated carbocycles. The largest absolute Gasteiger partial charge is 0.478 e. The highest BCUT2D eigenvalue weighted by molar-refractivity contribution is 6.11. The topological polar surface area (TPSA) is 95.5 Å². The lowest BCUT2D eigenvalue weighted by Gasteiger charge is -2.10. The lowest BCUT2D eigenvalue weighted by molar-refractivity contribution is 0.0692. The lowest BCUT2D eigenvalue weighted by Crippen LogP contribution is -2.16. The van der Waals surface area contributed by atoms with E-state index >= 15 is 0 Å². The van der Waals surface area contributed by atoms with E-state index in [2.05, 4.69) is 10.6 Å². The molecule has 0 saturated heterocycles. The maximum Gasteiger partial charge on any atom is 0.336 e. The van der Waals surface area contributed by atoms with Crippen LogP contribution >= 0.6 is 0 Å². The SMILES string of the molecule is Cc1ccccc1C(=O)Nc1ccc(NC(=O)c2ccccc2C(=O)O)cc1. The lowest BCUT2D eigenvalue weighted by atomic mass is 10.1. The van der Waals surface area contributed by atoms with E-state index in [4.69, 9.17) is 0 Å². The van der Waals surface area contributed by atoms with Crippen LogP contribution in [0.4, 0.5) is 11.4 Å². The Balaban J connectivity index is 1.70. The van der Waals surface area contributed by atoms with Crippen LogP contribution in [0.2, 0.25) is 0 Å². The molecule has 6 heteroatoms. The van der Waals surface area contributed by atoms with Crippen LogP contribution in [-0.4, -0.2) is 22.9 Å². The highest BCUT2D eigenvalue weighted by atomic mass is 16.4. The van der Waals surface area contributed by atoms with Crippen molar-refractivity contribution in [1.82, 2.24) is 0 Å². The van der Waals surface area contributed by atoms with E-state index in [9.17, 15) is 19.5 Å². The molecule has 0 aliphatic carbocycles. The first-order chi connectivity index (χ1) is 13.5. The molecule has 0 fully saturated rings. The summed E-state index contributed by atoms with van der Waals surface area (Å²) < 4.78 is 0. The molecule has 3 N–H and O–H groups in total. The average molecular weight is 374 g/mol. The van der Waals surface area contributed by atoms with E-state index in [1.54, 1.807) is 48.5 Å². The van der Waals surface area contributed by atoms with Gasteiger partial charge in [-0.15, -0.1) is 0 Å². The fraction of sp³-hybridized carbons (Fsp3) is 0.0455. The van der Waals surface area contributed by atoms with Crippen LogP contribution in [0.1, 0.15) is 36.6 Å². The van der Waals surface area contributed by atoms with Gasteiger partial charge in [0.15, 0.2) is 0 Å². The second-order valence-electron chi connectivity index (χ2n) is 6.15. The predicted octanol–water partition coefficient (Wildman–Crippen LogP) is 4.20. The summed E-state index contributed by atoms with van der Waals surface area (Å²) >= 11 is 0. The Morgan fingerprint density at radius 2 is 1.07 bits per heavy atom. The zero-order chi connectivity index (χ0) is 20.1. The number of aryl methyl sites for hydroxylation is 1. The summed E-state index contributed by atoms with van der Waals surface area (Å²) in [4.78, 5) is 36.0. The van der Waals surface area contributed by atoms with Crippen molar-refractivity contribution < 1.29 is 19.5 Å². The van der Waals surface area contributed by atoms with Crippen molar-refractivity contribution in [2.45, 2.75) is 6.92 Å². The molecule has 0 aliphatic rings. The third kappa shape index (κ3) is 4.24. The molecule has 3 aromatic carbocycles. The predicted molar refractivity (Wildman–Crippen MR) is 107 cm³/mol. The second kappa shape index (κ2) is 8.18. The van der Waals surface area contributed by atoms with Crippen LogP contribution in [0.15, 0.2) is 72.8 Å². The van der Waals surface area contributed by atoms with Crippen molar-refractivity contribution in [2.75, 3.05) is 10.6 Å². The van der Waals surface area contributed by atoms with Gasteiger partial charge in [-0.2, -0.15) is 0 Å². The molecule has 28 heavy (non-hydrogen) atoms. The Labute approximate surface area is 161 Å². The third-order valence-electron chi connectivity index (χ3n) is 4.19. The molecule has 0 atom stereocenters. The molecule has 140 valence electrons. The molecular formula is C22H18N2O4. The molecule has 0 radical (unpaired) electrons. The van der Waals surface area contributed by atoms with Gasteiger partial charge in [-0.3, -0.25) is 9.59 Å². The molecule has 2 amide bonds. The van der Waals surface area contributed by atoms with Crippen molar-refractivity contribution in [3.63, 3.8) is 0 Å². The number of nitrogens with one attached hydrogen (secondary N) is 2. The van der Waals surface area contributed by atoms with Crippen molar-refractivity contribution in [3.05, 3.63) is 95.1 Å². The molecule has 0 heterocycles. The number of amides is 2. The summed E-state index contributed by atoms with van der Waals surface area (Å²) in [5, 5.41) is 14.7. The van der Waals surface area contributed by atoms with Gasteiger partial charge in [0.25, 0.3) is 11.8 Å².